The highest BCUT2D eigenvalue weighted by atomic mass is 19.4. The molecule has 1 unspecified atom stereocenters. The Morgan fingerprint density at radius 1 is 1.25 bits per heavy atom. The normalized spacial score (nSPS) is 14.1. The molecule has 0 aliphatic heterocycles. The first-order valence-electron chi connectivity index (χ1n) is 5.91. The van der Waals surface area contributed by atoms with Gasteiger partial charge in [-0.3, -0.25) is 4.74 Å². The Bertz CT molecular complexity index is 162. The first-order valence-corrected chi connectivity index (χ1v) is 5.91. The van der Waals surface area contributed by atoms with Gasteiger partial charge in [-0.05, 0) is 18.9 Å². The highest BCUT2D eigenvalue weighted by Crippen LogP contribution is 2.15. The smallest absolute Gasteiger partial charge is 0.314 e. The highest BCUT2D eigenvalue weighted by Gasteiger charge is 2.28. The minimum absolute atomic E-state index is 0.252. The van der Waals surface area contributed by atoms with Crippen LogP contribution in [0.2, 0.25) is 0 Å². The van der Waals surface area contributed by atoms with Gasteiger partial charge in [0.1, 0.15) is 0 Å². The molecule has 0 rings (SSSR count). The zero-order chi connectivity index (χ0) is 12.4. The van der Waals surface area contributed by atoms with Gasteiger partial charge < -0.3 is 5.32 Å². The molecule has 0 saturated heterocycles. The van der Waals surface area contributed by atoms with E-state index >= 15 is 0 Å². The zero-order valence-corrected chi connectivity index (χ0v) is 10.1. The number of rotatable bonds is 9. The third-order valence-electron chi connectivity index (χ3n) is 2.52. The summed E-state index contributed by atoms with van der Waals surface area (Å²) >= 11 is 0. The van der Waals surface area contributed by atoms with Crippen molar-refractivity contribution in [1.82, 2.24) is 5.32 Å². The Kier molecular flexibility index (Phi) is 8.66. The predicted octanol–water partition coefficient (Wildman–Crippen LogP) is 3.33. The molecule has 0 spiro atoms. The molecule has 98 valence electrons. The molecule has 5 heteroatoms. The molecule has 0 fully saturated rings. The van der Waals surface area contributed by atoms with Gasteiger partial charge in [0.15, 0.2) is 0 Å². The minimum Gasteiger partial charge on any atom is -0.314 e. The summed E-state index contributed by atoms with van der Waals surface area (Å²) in [7, 11) is 0. The summed E-state index contributed by atoms with van der Waals surface area (Å²) in [4.78, 5) is 0. The molecule has 16 heavy (non-hydrogen) atoms. The van der Waals surface area contributed by atoms with E-state index in [0.29, 0.717) is 5.92 Å². The van der Waals surface area contributed by atoms with Crippen molar-refractivity contribution >= 4 is 0 Å². The molecule has 0 aromatic heterocycles. The monoisotopic (exact) mass is 241 g/mol. The van der Waals surface area contributed by atoms with Crippen LogP contribution in [0.3, 0.4) is 0 Å². The molecule has 0 bridgehead atoms. The molecular formula is C11H22F3NO. The third kappa shape index (κ3) is 10.2. The average Bonchev–Trinajstić information content (AvgIpc) is 2.20. The van der Waals surface area contributed by atoms with Gasteiger partial charge in [0.05, 0.1) is 6.61 Å². The topological polar surface area (TPSA) is 21.3 Å². The van der Waals surface area contributed by atoms with Gasteiger partial charge in [0.25, 0.3) is 0 Å². The minimum atomic E-state index is -4.51. The molecule has 2 nitrogen and oxygen atoms in total. The molecule has 0 radical (unpaired) electrons. The van der Waals surface area contributed by atoms with Crippen molar-refractivity contribution in [2.24, 2.45) is 5.92 Å². The number of ether oxygens (including phenoxy) is 1. The Balaban J connectivity index is 3.41. The van der Waals surface area contributed by atoms with Crippen LogP contribution in [0.1, 0.15) is 39.5 Å². The summed E-state index contributed by atoms with van der Waals surface area (Å²) in [5, 5.41) is 2.99. The summed E-state index contributed by atoms with van der Waals surface area (Å²) in [6.45, 7) is 4.96. The summed E-state index contributed by atoms with van der Waals surface area (Å²) < 4.78 is 38.5. The van der Waals surface area contributed by atoms with Crippen LogP contribution in [-0.2, 0) is 4.74 Å². The van der Waals surface area contributed by atoms with Gasteiger partial charge in [-0.25, -0.2) is 0 Å². The van der Waals surface area contributed by atoms with Crippen LogP contribution >= 0.6 is 0 Å². The molecule has 0 amide bonds. The van der Waals surface area contributed by atoms with Crippen molar-refractivity contribution in [2.45, 2.75) is 45.9 Å². The van der Waals surface area contributed by atoms with Crippen molar-refractivity contribution in [2.75, 3.05) is 19.7 Å². The molecule has 0 aliphatic carbocycles. The van der Waals surface area contributed by atoms with Gasteiger partial charge in [-0.15, -0.1) is 13.2 Å². The second-order valence-corrected chi connectivity index (χ2v) is 3.91. The SMILES string of the molecule is CCCCC(CC)CNCCOC(F)(F)F. The highest BCUT2D eigenvalue weighted by molar-refractivity contribution is 4.60. The lowest BCUT2D eigenvalue weighted by Crippen LogP contribution is -2.28. The first-order chi connectivity index (χ1) is 7.49. The molecule has 0 aromatic rings. The van der Waals surface area contributed by atoms with Gasteiger partial charge in [0.2, 0.25) is 0 Å². The Morgan fingerprint density at radius 2 is 1.94 bits per heavy atom. The summed E-state index contributed by atoms with van der Waals surface area (Å²) in [6, 6.07) is 0. The maximum absolute atomic E-state index is 11.6. The Morgan fingerprint density at radius 3 is 2.44 bits per heavy atom. The molecule has 1 N–H and O–H groups in total. The zero-order valence-electron chi connectivity index (χ0n) is 10.1. The fraction of sp³-hybridized carbons (Fsp3) is 1.00. The van der Waals surface area contributed by atoms with E-state index in [9.17, 15) is 13.2 Å². The van der Waals surface area contributed by atoms with E-state index in [1.807, 2.05) is 0 Å². The van der Waals surface area contributed by atoms with Crippen LogP contribution < -0.4 is 5.32 Å². The summed E-state index contributed by atoms with van der Waals surface area (Å²) in [6.07, 6.45) is 0.0359. The van der Waals surface area contributed by atoms with Crippen LogP contribution in [0.25, 0.3) is 0 Å². The quantitative estimate of drug-likeness (QED) is 0.625. The number of nitrogens with one attached hydrogen (secondary N) is 1. The maximum Gasteiger partial charge on any atom is 0.522 e. The van der Waals surface area contributed by atoms with Gasteiger partial charge >= 0.3 is 6.36 Å². The second-order valence-electron chi connectivity index (χ2n) is 3.91. The van der Waals surface area contributed by atoms with E-state index in [1.54, 1.807) is 0 Å². The third-order valence-corrected chi connectivity index (χ3v) is 2.52. The predicted molar refractivity (Wildman–Crippen MR) is 58.2 cm³/mol. The largest absolute Gasteiger partial charge is 0.522 e. The Labute approximate surface area is 95.5 Å². The molecule has 1 atom stereocenters. The van der Waals surface area contributed by atoms with E-state index in [4.69, 9.17) is 0 Å². The number of unbranched alkanes of at least 4 members (excludes halogenated alkanes) is 1. The van der Waals surface area contributed by atoms with Crippen LogP contribution in [0.15, 0.2) is 0 Å². The van der Waals surface area contributed by atoms with Crippen LogP contribution in [0, 0.1) is 5.92 Å². The fourth-order valence-corrected chi connectivity index (χ4v) is 1.49. The fourth-order valence-electron chi connectivity index (χ4n) is 1.49. The van der Waals surface area contributed by atoms with Gasteiger partial charge in [0, 0.05) is 6.54 Å². The van der Waals surface area contributed by atoms with Crippen molar-refractivity contribution in [1.29, 1.82) is 0 Å². The van der Waals surface area contributed by atoms with Crippen molar-refractivity contribution in [3.8, 4) is 0 Å². The van der Waals surface area contributed by atoms with Crippen LogP contribution in [-0.4, -0.2) is 26.1 Å². The van der Waals surface area contributed by atoms with E-state index in [-0.39, 0.29) is 13.2 Å². The number of halogens is 3. The number of hydrogen-bond acceptors (Lipinski definition) is 2. The van der Waals surface area contributed by atoms with Crippen LogP contribution in [0.5, 0.6) is 0 Å². The molecule has 0 heterocycles. The first kappa shape index (κ1) is 15.7. The van der Waals surface area contributed by atoms with E-state index in [0.717, 1.165) is 25.8 Å². The van der Waals surface area contributed by atoms with Gasteiger partial charge in [-0.2, -0.15) is 0 Å². The van der Waals surface area contributed by atoms with Gasteiger partial charge in [-0.1, -0.05) is 33.1 Å². The van der Waals surface area contributed by atoms with E-state index < -0.39 is 6.36 Å². The molecule has 0 aliphatic rings. The lowest BCUT2D eigenvalue weighted by Gasteiger charge is -2.15. The number of hydrogen-bond donors (Lipinski definition) is 1. The molecular weight excluding hydrogens is 219 g/mol. The van der Waals surface area contributed by atoms with Crippen molar-refractivity contribution in [3.05, 3.63) is 0 Å². The van der Waals surface area contributed by atoms with Crippen molar-refractivity contribution < 1.29 is 17.9 Å². The molecule has 0 saturated carbocycles. The van der Waals surface area contributed by atoms with Crippen molar-refractivity contribution in [3.63, 3.8) is 0 Å². The Hall–Kier alpha value is -0.290. The summed E-state index contributed by atoms with van der Waals surface area (Å²) in [5.41, 5.74) is 0. The maximum atomic E-state index is 11.6. The van der Waals surface area contributed by atoms with Crippen LogP contribution in [0.4, 0.5) is 13.2 Å². The number of alkyl halides is 3. The molecule has 0 aromatic carbocycles. The lowest BCUT2D eigenvalue weighted by atomic mass is 9.99. The lowest BCUT2D eigenvalue weighted by molar-refractivity contribution is -0.323. The average molecular weight is 241 g/mol. The summed E-state index contributed by atoms with van der Waals surface area (Å²) in [5.74, 6) is 0.561. The van der Waals surface area contributed by atoms with E-state index in [2.05, 4.69) is 23.9 Å². The second kappa shape index (κ2) is 8.82. The standard InChI is InChI=1S/C11H22F3NO/c1-3-5-6-10(4-2)9-15-7-8-16-11(12,13)14/h10,15H,3-9H2,1-2H3. The van der Waals surface area contributed by atoms with E-state index in [1.165, 1.54) is 6.42 Å².